The normalized spacial score (nSPS) is 21.1. The Morgan fingerprint density at radius 1 is 1.30 bits per heavy atom. The van der Waals surface area contributed by atoms with Crippen LogP contribution >= 0.6 is 0 Å². The second-order valence-corrected chi connectivity index (χ2v) is 7.53. The molecule has 0 radical (unpaired) electrons. The van der Waals surface area contributed by atoms with Crippen molar-refractivity contribution < 1.29 is 8.42 Å². The Balaban J connectivity index is 1.70. The molecule has 20 heavy (non-hydrogen) atoms. The summed E-state index contributed by atoms with van der Waals surface area (Å²) in [5, 5.41) is 4.22. The molecule has 6 heteroatoms. The largest absolute Gasteiger partial charge is 0.399 e. The van der Waals surface area contributed by atoms with Crippen molar-refractivity contribution in [3.8, 4) is 0 Å². The molecule has 2 aromatic rings. The van der Waals surface area contributed by atoms with Gasteiger partial charge < -0.3 is 11.1 Å². The summed E-state index contributed by atoms with van der Waals surface area (Å²) in [5.41, 5.74) is 7.33. The summed E-state index contributed by atoms with van der Waals surface area (Å²) in [6.07, 6.45) is 0.736. The lowest BCUT2D eigenvalue weighted by Crippen LogP contribution is -2.16. The Hall–Kier alpha value is -1.82. The molecule has 5 nitrogen and oxygen atoms in total. The van der Waals surface area contributed by atoms with Gasteiger partial charge in [-0.05, 0) is 42.7 Å². The van der Waals surface area contributed by atoms with Gasteiger partial charge in [0.15, 0.2) is 9.84 Å². The van der Waals surface area contributed by atoms with Gasteiger partial charge in [0, 0.05) is 17.6 Å². The number of anilines is 2. The van der Waals surface area contributed by atoms with E-state index in [1.165, 1.54) is 0 Å². The molecule has 2 heterocycles. The maximum atomic E-state index is 11.4. The first kappa shape index (κ1) is 13.2. The molecule has 3 N–H and O–H groups in total. The van der Waals surface area contributed by atoms with E-state index >= 15 is 0 Å². The summed E-state index contributed by atoms with van der Waals surface area (Å²) in [6, 6.07) is 9.45. The van der Waals surface area contributed by atoms with Gasteiger partial charge >= 0.3 is 0 Å². The predicted octanol–water partition coefficient (Wildman–Crippen LogP) is 1.66. The third kappa shape index (κ3) is 2.85. The fourth-order valence-corrected chi connectivity index (χ4v) is 4.39. The van der Waals surface area contributed by atoms with Gasteiger partial charge in [-0.15, -0.1) is 0 Å². The number of hydrogen-bond donors (Lipinski definition) is 2. The lowest BCUT2D eigenvalue weighted by Gasteiger charge is -2.10. The average molecular weight is 291 g/mol. The number of hydrogen-bond acceptors (Lipinski definition) is 5. The van der Waals surface area contributed by atoms with E-state index in [-0.39, 0.29) is 11.7 Å². The van der Waals surface area contributed by atoms with E-state index in [2.05, 4.69) is 10.3 Å². The minimum Gasteiger partial charge on any atom is -0.399 e. The number of benzene rings is 1. The highest BCUT2D eigenvalue weighted by atomic mass is 32.2. The molecule has 3 rings (SSSR count). The van der Waals surface area contributed by atoms with Crippen molar-refractivity contribution in [2.45, 2.75) is 6.42 Å². The van der Waals surface area contributed by atoms with Crippen LogP contribution in [0.1, 0.15) is 6.42 Å². The second-order valence-electron chi connectivity index (χ2n) is 5.30. The topological polar surface area (TPSA) is 85.1 Å². The Kier molecular flexibility index (Phi) is 3.25. The van der Waals surface area contributed by atoms with E-state index < -0.39 is 9.84 Å². The van der Waals surface area contributed by atoms with Crippen molar-refractivity contribution in [1.82, 2.24) is 4.98 Å². The molecule has 1 aliphatic heterocycles. The molecular formula is C14H17N3O2S. The number of fused-ring (bicyclic) bond motifs is 1. The van der Waals surface area contributed by atoms with Crippen LogP contribution in [-0.2, 0) is 9.84 Å². The van der Waals surface area contributed by atoms with Crippen LogP contribution in [0.3, 0.4) is 0 Å². The van der Waals surface area contributed by atoms with E-state index in [9.17, 15) is 8.42 Å². The first-order valence-corrected chi connectivity index (χ1v) is 8.44. The number of rotatable bonds is 3. The molecule has 1 unspecified atom stereocenters. The zero-order chi connectivity index (χ0) is 14.2. The van der Waals surface area contributed by atoms with E-state index in [0.717, 1.165) is 28.8 Å². The minimum atomic E-state index is -2.81. The van der Waals surface area contributed by atoms with Crippen LogP contribution in [0.15, 0.2) is 30.3 Å². The van der Waals surface area contributed by atoms with Crippen LogP contribution in [0.5, 0.6) is 0 Å². The van der Waals surface area contributed by atoms with Crippen molar-refractivity contribution in [2.75, 3.05) is 29.1 Å². The van der Waals surface area contributed by atoms with Crippen LogP contribution in [0, 0.1) is 5.92 Å². The molecule has 1 aromatic heterocycles. The Bertz CT molecular complexity index is 743. The van der Waals surface area contributed by atoms with Crippen molar-refractivity contribution in [1.29, 1.82) is 0 Å². The van der Waals surface area contributed by atoms with Crippen LogP contribution < -0.4 is 11.1 Å². The second kappa shape index (κ2) is 4.94. The molecule has 1 atom stereocenters. The lowest BCUT2D eigenvalue weighted by molar-refractivity contribution is 0.595. The molecule has 0 aliphatic carbocycles. The number of nitrogens with one attached hydrogen (secondary N) is 1. The van der Waals surface area contributed by atoms with E-state index in [1.54, 1.807) is 0 Å². The average Bonchev–Trinajstić information content (AvgIpc) is 2.76. The van der Waals surface area contributed by atoms with Gasteiger partial charge in [0.25, 0.3) is 0 Å². The van der Waals surface area contributed by atoms with Gasteiger partial charge in [-0.25, -0.2) is 13.4 Å². The summed E-state index contributed by atoms with van der Waals surface area (Å²) >= 11 is 0. The zero-order valence-corrected chi connectivity index (χ0v) is 11.9. The van der Waals surface area contributed by atoms with Crippen LogP contribution in [0.2, 0.25) is 0 Å². The summed E-state index contributed by atoms with van der Waals surface area (Å²) < 4.78 is 22.8. The molecule has 1 saturated heterocycles. The number of aromatic nitrogens is 1. The monoisotopic (exact) mass is 291 g/mol. The van der Waals surface area contributed by atoms with Gasteiger partial charge in [0.1, 0.15) is 5.82 Å². The number of nitrogens with two attached hydrogens (primary N) is 1. The SMILES string of the molecule is Nc1ccc2nc(NCC3CCS(=O)(=O)C3)ccc2c1. The molecule has 106 valence electrons. The number of pyridine rings is 1. The fraction of sp³-hybridized carbons (Fsp3) is 0.357. The van der Waals surface area contributed by atoms with E-state index in [4.69, 9.17) is 5.73 Å². The predicted molar refractivity (Wildman–Crippen MR) is 81.4 cm³/mol. The van der Waals surface area contributed by atoms with Crippen molar-refractivity contribution in [2.24, 2.45) is 5.92 Å². The first-order chi connectivity index (χ1) is 9.52. The summed E-state index contributed by atoms with van der Waals surface area (Å²) in [4.78, 5) is 4.50. The zero-order valence-electron chi connectivity index (χ0n) is 11.0. The highest BCUT2D eigenvalue weighted by Gasteiger charge is 2.27. The summed E-state index contributed by atoms with van der Waals surface area (Å²) in [5.74, 6) is 1.55. The highest BCUT2D eigenvalue weighted by Crippen LogP contribution is 2.21. The smallest absolute Gasteiger partial charge is 0.150 e. The van der Waals surface area contributed by atoms with Crippen molar-refractivity contribution >= 4 is 32.2 Å². The van der Waals surface area contributed by atoms with Gasteiger partial charge in [0.2, 0.25) is 0 Å². The van der Waals surface area contributed by atoms with Gasteiger partial charge in [-0.2, -0.15) is 0 Å². The molecule has 1 fully saturated rings. The Labute approximate surface area is 118 Å². The number of nitrogens with zero attached hydrogens (tertiary/aromatic N) is 1. The lowest BCUT2D eigenvalue weighted by atomic mass is 10.1. The Morgan fingerprint density at radius 3 is 2.90 bits per heavy atom. The van der Waals surface area contributed by atoms with Gasteiger partial charge in [0.05, 0.1) is 17.0 Å². The summed E-state index contributed by atoms with van der Waals surface area (Å²) in [7, 11) is -2.81. The van der Waals surface area contributed by atoms with Crippen molar-refractivity contribution in [3.05, 3.63) is 30.3 Å². The third-order valence-electron chi connectivity index (χ3n) is 3.61. The van der Waals surface area contributed by atoms with Crippen LogP contribution in [-0.4, -0.2) is 31.5 Å². The van der Waals surface area contributed by atoms with Gasteiger partial charge in [-0.1, -0.05) is 0 Å². The molecule has 1 aromatic carbocycles. The van der Waals surface area contributed by atoms with Gasteiger partial charge in [-0.3, -0.25) is 0 Å². The van der Waals surface area contributed by atoms with Crippen LogP contribution in [0.4, 0.5) is 11.5 Å². The third-order valence-corrected chi connectivity index (χ3v) is 5.45. The molecule has 0 amide bonds. The van der Waals surface area contributed by atoms with E-state index in [0.29, 0.717) is 12.3 Å². The molecule has 1 aliphatic rings. The van der Waals surface area contributed by atoms with Crippen molar-refractivity contribution in [3.63, 3.8) is 0 Å². The standard InChI is InChI=1S/C14H17N3O2S/c15-12-2-3-13-11(7-12)1-4-14(17-13)16-8-10-5-6-20(18,19)9-10/h1-4,7,10H,5-6,8-9,15H2,(H,16,17). The molecule has 0 saturated carbocycles. The maximum Gasteiger partial charge on any atom is 0.150 e. The molecule has 0 bridgehead atoms. The summed E-state index contributed by atoms with van der Waals surface area (Å²) in [6.45, 7) is 0.646. The van der Waals surface area contributed by atoms with Crippen LogP contribution in [0.25, 0.3) is 10.9 Å². The maximum absolute atomic E-state index is 11.4. The Morgan fingerprint density at radius 2 is 2.15 bits per heavy atom. The highest BCUT2D eigenvalue weighted by molar-refractivity contribution is 7.91. The number of sulfone groups is 1. The van der Waals surface area contributed by atoms with E-state index in [1.807, 2.05) is 30.3 Å². The molecular weight excluding hydrogens is 274 g/mol. The first-order valence-electron chi connectivity index (χ1n) is 6.62. The number of nitrogen functional groups attached to an aromatic ring is 1. The quantitative estimate of drug-likeness (QED) is 0.840. The minimum absolute atomic E-state index is 0.184. The fourth-order valence-electron chi connectivity index (χ4n) is 2.52. The molecule has 0 spiro atoms.